The van der Waals surface area contributed by atoms with E-state index >= 15 is 0 Å². The van der Waals surface area contributed by atoms with Crippen molar-refractivity contribution >= 4 is 52.0 Å². The van der Waals surface area contributed by atoms with Gasteiger partial charge in [0, 0.05) is 36.6 Å². The van der Waals surface area contributed by atoms with Crippen LogP contribution >= 0.6 is 23.2 Å². The highest BCUT2D eigenvalue weighted by atomic mass is 35.5. The molecule has 0 spiro atoms. The first-order valence-corrected chi connectivity index (χ1v) is 12.5. The quantitative estimate of drug-likeness (QED) is 0.254. The number of aliphatic hydroxyl groups excluding tert-OH is 1. The zero-order valence-corrected chi connectivity index (χ0v) is 22.3. The number of benzene rings is 3. The van der Waals surface area contributed by atoms with Crippen LogP contribution in [0.1, 0.15) is 17.2 Å². The van der Waals surface area contributed by atoms with Gasteiger partial charge >= 0.3 is 0 Å². The van der Waals surface area contributed by atoms with Crippen molar-refractivity contribution in [2.45, 2.75) is 6.04 Å². The van der Waals surface area contributed by atoms with Crippen LogP contribution in [0.5, 0.6) is 17.2 Å². The van der Waals surface area contributed by atoms with Crippen molar-refractivity contribution in [3.63, 3.8) is 0 Å². The molecule has 1 amide bonds. The second-order valence-corrected chi connectivity index (χ2v) is 9.80. The van der Waals surface area contributed by atoms with Gasteiger partial charge in [0.1, 0.15) is 24.7 Å². The maximum atomic E-state index is 13.5. The standard InChI is InChI=1S/C28H24Cl2N2O6/c1-31(2)17-6-4-15(5-7-17)24-23(25(33)19-12-16(29)13-20(30)27(19)36-3)26(34)28(35)32(24)18-8-9-21-22(14-18)38-11-10-37-21/h4-9,12-14,24,33H,10-11H2,1-3H3/b25-23+. The highest BCUT2D eigenvalue weighted by Gasteiger charge is 2.47. The lowest BCUT2D eigenvalue weighted by Gasteiger charge is -2.27. The van der Waals surface area contributed by atoms with Gasteiger partial charge in [0.25, 0.3) is 11.7 Å². The summed E-state index contributed by atoms with van der Waals surface area (Å²) in [4.78, 5) is 30.3. The van der Waals surface area contributed by atoms with Crippen molar-refractivity contribution < 1.29 is 28.9 Å². The Bertz CT molecular complexity index is 1470. The van der Waals surface area contributed by atoms with Gasteiger partial charge in [-0.05, 0) is 42.0 Å². The summed E-state index contributed by atoms with van der Waals surface area (Å²) in [5, 5.41) is 11.9. The molecule has 1 N–H and O–H groups in total. The summed E-state index contributed by atoms with van der Waals surface area (Å²) in [7, 11) is 5.20. The number of aliphatic hydroxyl groups is 1. The number of hydrogen-bond acceptors (Lipinski definition) is 7. The highest BCUT2D eigenvalue weighted by Crippen LogP contribution is 2.46. The molecule has 2 aliphatic rings. The van der Waals surface area contributed by atoms with Crippen LogP contribution in [-0.2, 0) is 9.59 Å². The summed E-state index contributed by atoms with van der Waals surface area (Å²) < 4.78 is 16.7. The van der Waals surface area contributed by atoms with Crippen LogP contribution in [0.15, 0.2) is 60.2 Å². The SMILES string of the molecule is COc1c(Cl)cc(Cl)cc1/C(O)=C1\C(=O)C(=O)N(c2ccc3c(c2)OCCO3)C1c1ccc(N(C)C)cc1. The smallest absolute Gasteiger partial charge is 0.300 e. The van der Waals surface area contributed by atoms with E-state index in [0.29, 0.717) is 36.0 Å². The van der Waals surface area contributed by atoms with E-state index in [1.54, 1.807) is 18.2 Å². The van der Waals surface area contributed by atoms with E-state index in [1.165, 1.54) is 24.1 Å². The lowest BCUT2D eigenvalue weighted by atomic mass is 9.94. The maximum Gasteiger partial charge on any atom is 0.300 e. The van der Waals surface area contributed by atoms with Crippen LogP contribution in [0.25, 0.3) is 5.76 Å². The number of Topliss-reactive ketones (excluding diaryl/α,β-unsaturated/α-hetero) is 1. The van der Waals surface area contributed by atoms with Crippen LogP contribution in [0.3, 0.4) is 0 Å². The van der Waals surface area contributed by atoms with E-state index < -0.39 is 23.5 Å². The molecular formula is C28H24Cl2N2O6. The second-order valence-electron chi connectivity index (χ2n) is 8.95. The predicted octanol–water partition coefficient (Wildman–Crippen LogP) is 5.47. The van der Waals surface area contributed by atoms with Crippen LogP contribution in [0.4, 0.5) is 11.4 Å². The van der Waals surface area contributed by atoms with Gasteiger partial charge in [0.2, 0.25) is 0 Å². The fourth-order valence-electron chi connectivity index (χ4n) is 4.64. The molecule has 0 aliphatic carbocycles. The molecule has 3 aromatic rings. The molecule has 1 atom stereocenters. The minimum Gasteiger partial charge on any atom is -0.507 e. The number of hydrogen-bond donors (Lipinski definition) is 1. The Morgan fingerprint density at radius 3 is 2.34 bits per heavy atom. The maximum absolute atomic E-state index is 13.5. The fraction of sp³-hybridized carbons (Fsp3) is 0.214. The van der Waals surface area contributed by atoms with Crippen LogP contribution in [0, 0.1) is 0 Å². The van der Waals surface area contributed by atoms with Gasteiger partial charge in [0.05, 0.1) is 29.3 Å². The molecule has 2 aliphatic heterocycles. The van der Waals surface area contributed by atoms with E-state index in [9.17, 15) is 14.7 Å². The molecule has 5 rings (SSSR count). The third-order valence-corrected chi connectivity index (χ3v) is 6.94. The van der Waals surface area contributed by atoms with E-state index in [1.807, 2.05) is 43.3 Å². The summed E-state index contributed by atoms with van der Waals surface area (Å²) >= 11 is 12.5. The summed E-state index contributed by atoms with van der Waals surface area (Å²) in [6.45, 7) is 0.777. The minimum absolute atomic E-state index is 0.0973. The Morgan fingerprint density at radius 2 is 1.68 bits per heavy atom. The van der Waals surface area contributed by atoms with Gasteiger partial charge in [0.15, 0.2) is 11.5 Å². The van der Waals surface area contributed by atoms with Gasteiger partial charge in [-0.25, -0.2) is 0 Å². The summed E-state index contributed by atoms with van der Waals surface area (Å²) in [6.07, 6.45) is 0. The van der Waals surface area contributed by atoms with E-state index in [2.05, 4.69) is 0 Å². The Labute approximate surface area is 229 Å². The predicted molar refractivity (Wildman–Crippen MR) is 146 cm³/mol. The average molecular weight is 555 g/mol. The van der Waals surface area contributed by atoms with Crippen molar-refractivity contribution in [3.8, 4) is 17.2 Å². The van der Waals surface area contributed by atoms with Crippen molar-refractivity contribution in [1.29, 1.82) is 0 Å². The number of amides is 1. The van der Waals surface area contributed by atoms with Gasteiger partial charge < -0.3 is 24.2 Å². The Morgan fingerprint density at radius 1 is 1.00 bits per heavy atom. The van der Waals surface area contributed by atoms with Crippen molar-refractivity contribution in [1.82, 2.24) is 0 Å². The molecule has 0 saturated carbocycles. The first kappa shape index (κ1) is 25.8. The number of carbonyl (C=O) groups excluding carboxylic acids is 2. The number of methoxy groups -OCH3 is 1. The van der Waals surface area contributed by atoms with E-state index in [-0.39, 0.29) is 26.9 Å². The summed E-state index contributed by atoms with van der Waals surface area (Å²) in [5.41, 5.74) is 1.92. The number of fused-ring (bicyclic) bond motifs is 1. The molecule has 0 aromatic heterocycles. The van der Waals surface area contributed by atoms with Crippen molar-refractivity contribution in [3.05, 3.63) is 81.3 Å². The topological polar surface area (TPSA) is 88.5 Å². The summed E-state index contributed by atoms with van der Waals surface area (Å²) in [5.74, 6) is -0.996. The minimum atomic E-state index is -0.962. The average Bonchev–Trinajstić information content (AvgIpc) is 3.17. The number of anilines is 2. The fourth-order valence-corrected chi connectivity index (χ4v) is 5.21. The van der Waals surface area contributed by atoms with E-state index in [0.717, 1.165) is 5.69 Å². The highest BCUT2D eigenvalue weighted by molar-refractivity contribution is 6.52. The Hall–Kier alpha value is -3.88. The molecule has 10 heteroatoms. The Balaban J connectivity index is 1.73. The summed E-state index contributed by atoms with van der Waals surface area (Å²) in [6, 6.07) is 14.3. The van der Waals surface area contributed by atoms with Gasteiger partial charge in [-0.15, -0.1) is 0 Å². The van der Waals surface area contributed by atoms with Gasteiger partial charge in [-0.3, -0.25) is 14.5 Å². The first-order chi connectivity index (χ1) is 18.2. The number of carbonyl (C=O) groups is 2. The zero-order chi connectivity index (χ0) is 27.1. The van der Waals surface area contributed by atoms with Crippen LogP contribution in [-0.4, -0.2) is 51.2 Å². The number of ether oxygens (including phenoxy) is 3. The Kier molecular flexibility index (Phi) is 6.86. The molecule has 0 bridgehead atoms. The van der Waals surface area contributed by atoms with E-state index in [4.69, 9.17) is 37.4 Å². The van der Waals surface area contributed by atoms with Crippen molar-refractivity contribution in [2.75, 3.05) is 44.2 Å². The number of halogens is 2. The molecule has 2 heterocycles. The second kappa shape index (κ2) is 10.1. The first-order valence-electron chi connectivity index (χ1n) is 11.7. The zero-order valence-electron chi connectivity index (χ0n) is 20.8. The molecule has 196 valence electrons. The molecule has 0 radical (unpaired) electrons. The van der Waals surface area contributed by atoms with Crippen molar-refractivity contribution in [2.24, 2.45) is 0 Å². The largest absolute Gasteiger partial charge is 0.507 e. The number of nitrogens with zero attached hydrogens (tertiary/aromatic N) is 2. The third-order valence-electron chi connectivity index (χ3n) is 6.44. The molecule has 1 saturated heterocycles. The van der Waals surface area contributed by atoms with Gasteiger partial charge in [-0.2, -0.15) is 0 Å². The molecule has 1 fully saturated rings. The number of ketones is 1. The van der Waals surface area contributed by atoms with Gasteiger partial charge in [-0.1, -0.05) is 35.3 Å². The third kappa shape index (κ3) is 4.40. The normalized spacial score (nSPS) is 18.0. The molecule has 38 heavy (non-hydrogen) atoms. The molecule has 8 nitrogen and oxygen atoms in total. The lowest BCUT2D eigenvalue weighted by molar-refractivity contribution is -0.132. The molecule has 3 aromatic carbocycles. The van der Waals surface area contributed by atoms with Crippen LogP contribution in [0.2, 0.25) is 10.0 Å². The van der Waals surface area contributed by atoms with Crippen LogP contribution < -0.4 is 24.0 Å². The molecular weight excluding hydrogens is 531 g/mol. The lowest BCUT2D eigenvalue weighted by Crippen LogP contribution is -2.29. The number of rotatable bonds is 5. The molecule has 1 unspecified atom stereocenters. The monoisotopic (exact) mass is 554 g/mol.